The Kier molecular flexibility index (Phi) is 5.51. The molecular weight excluding hydrogens is 320 g/mol. The fourth-order valence-corrected chi connectivity index (χ4v) is 4.05. The molecule has 1 fully saturated rings. The molecule has 2 aromatic rings. The van der Waals surface area contributed by atoms with Crippen LogP contribution in [-0.4, -0.2) is 36.0 Å². The first-order valence-electron chi connectivity index (χ1n) is 8.56. The minimum absolute atomic E-state index is 0.0887. The second-order valence-electron chi connectivity index (χ2n) is 6.33. The molecule has 0 aliphatic carbocycles. The van der Waals surface area contributed by atoms with Crippen LogP contribution in [0.4, 0.5) is 0 Å². The largest absolute Gasteiger partial charge is 0.497 e. The van der Waals surface area contributed by atoms with E-state index < -0.39 is 0 Å². The molecule has 0 N–H and O–H groups in total. The summed E-state index contributed by atoms with van der Waals surface area (Å²) in [5.41, 5.74) is 1.92. The summed E-state index contributed by atoms with van der Waals surface area (Å²) in [5, 5.41) is 2.97. The van der Waals surface area contributed by atoms with Crippen LogP contribution in [0.15, 0.2) is 29.6 Å². The molecule has 1 aromatic heterocycles. The van der Waals surface area contributed by atoms with Crippen LogP contribution in [0.25, 0.3) is 0 Å². The van der Waals surface area contributed by atoms with Gasteiger partial charge in [0.05, 0.1) is 12.1 Å². The number of hydrogen-bond acceptors (Lipinski definition) is 4. The number of carbonyl (C=O) groups is 1. The second kappa shape index (κ2) is 7.79. The first-order chi connectivity index (χ1) is 11.7. The number of carbonyl (C=O) groups excluding carboxylic acids is 1. The van der Waals surface area contributed by atoms with E-state index in [1.807, 2.05) is 22.4 Å². The van der Waals surface area contributed by atoms with Crippen molar-refractivity contribution < 1.29 is 9.53 Å². The maximum Gasteiger partial charge on any atom is 0.273 e. The first kappa shape index (κ1) is 17.0. The number of benzene rings is 1. The number of amides is 1. The number of rotatable bonds is 6. The van der Waals surface area contributed by atoms with E-state index in [2.05, 4.69) is 24.0 Å². The number of aromatic nitrogens is 1. The van der Waals surface area contributed by atoms with E-state index >= 15 is 0 Å². The molecule has 1 atom stereocenters. The molecule has 0 saturated carbocycles. The number of likely N-dealkylation sites (tertiary alicyclic amines) is 1. The van der Waals surface area contributed by atoms with Gasteiger partial charge in [0.15, 0.2) is 0 Å². The lowest BCUT2D eigenvalue weighted by Gasteiger charge is -2.15. The van der Waals surface area contributed by atoms with Crippen molar-refractivity contribution in [3.8, 4) is 5.75 Å². The third-order valence-corrected chi connectivity index (χ3v) is 5.40. The molecule has 128 valence electrons. The van der Waals surface area contributed by atoms with E-state index in [1.54, 1.807) is 18.4 Å². The van der Waals surface area contributed by atoms with Gasteiger partial charge in [-0.25, -0.2) is 4.98 Å². The van der Waals surface area contributed by atoms with Gasteiger partial charge < -0.3 is 9.64 Å². The molecule has 1 unspecified atom stereocenters. The van der Waals surface area contributed by atoms with Crippen LogP contribution in [0.5, 0.6) is 5.75 Å². The summed E-state index contributed by atoms with van der Waals surface area (Å²) in [6.45, 7) is 3.79. The van der Waals surface area contributed by atoms with Gasteiger partial charge in [-0.1, -0.05) is 19.1 Å². The minimum Gasteiger partial charge on any atom is -0.497 e. The standard InChI is InChI=1S/C19H24N2O2S/c1-3-4-18-20-17(13-24-18)19(22)21-10-9-15(12-21)11-14-5-7-16(23-2)8-6-14/h5-8,13,15H,3-4,9-12H2,1-2H3. The Hall–Kier alpha value is -1.88. The molecule has 0 spiro atoms. The van der Waals surface area contributed by atoms with Crippen molar-refractivity contribution in [3.63, 3.8) is 0 Å². The summed E-state index contributed by atoms with van der Waals surface area (Å²) >= 11 is 1.60. The van der Waals surface area contributed by atoms with Gasteiger partial charge in [0, 0.05) is 18.5 Å². The highest BCUT2D eigenvalue weighted by atomic mass is 32.1. The highest BCUT2D eigenvalue weighted by molar-refractivity contribution is 7.09. The molecular formula is C19H24N2O2S. The monoisotopic (exact) mass is 344 g/mol. The molecule has 1 aliphatic heterocycles. The predicted molar refractivity (Wildman–Crippen MR) is 96.8 cm³/mol. The van der Waals surface area contributed by atoms with Crippen molar-refractivity contribution in [3.05, 3.63) is 45.9 Å². The van der Waals surface area contributed by atoms with Crippen molar-refractivity contribution in [1.82, 2.24) is 9.88 Å². The number of hydrogen-bond donors (Lipinski definition) is 0. The van der Waals surface area contributed by atoms with Crippen molar-refractivity contribution >= 4 is 17.2 Å². The molecule has 2 heterocycles. The molecule has 0 radical (unpaired) electrons. The van der Waals surface area contributed by atoms with E-state index in [9.17, 15) is 4.79 Å². The normalized spacial score (nSPS) is 17.2. The van der Waals surface area contributed by atoms with Gasteiger partial charge >= 0.3 is 0 Å². The zero-order valence-corrected chi connectivity index (χ0v) is 15.1. The Balaban J connectivity index is 1.56. The Bertz CT molecular complexity index is 681. The van der Waals surface area contributed by atoms with Crippen molar-refractivity contribution in [2.75, 3.05) is 20.2 Å². The van der Waals surface area contributed by atoms with Gasteiger partial charge in [-0.05, 0) is 49.3 Å². The van der Waals surface area contributed by atoms with Gasteiger partial charge in [0.25, 0.3) is 5.91 Å². The molecule has 0 bridgehead atoms. The highest BCUT2D eigenvalue weighted by Gasteiger charge is 2.28. The number of ether oxygens (including phenoxy) is 1. The van der Waals surface area contributed by atoms with E-state index in [0.717, 1.165) is 49.5 Å². The Morgan fingerprint density at radius 2 is 2.17 bits per heavy atom. The molecule has 5 heteroatoms. The Morgan fingerprint density at radius 1 is 1.38 bits per heavy atom. The molecule has 1 amide bonds. The minimum atomic E-state index is 0.0887. The summed E-state index contributed by atoms with van der Waals surface area (Å²) in [4.78, 5) is 19.0. The van der Waals surface area contributed by atoms with E-state index in [1.165, 1.54) is 5.56 Å². The molecule has 1 aromatic carbocycles. The van der Waals surface area contributed by atoms with Crippen LogP contribution >= 0.6 is 11.3 Å². The topological polar surface area (TPSA) is 42.4 Å². The van der Waals surface area contributed by atoms with Crippen LogP contribution in [0.2, 0.25) is 0 Å². The lowest BCUT2D eigenvalue weighted by Crippen LogP contribution is -2.29. The summed E-state index contributed by atoms with van der Waals surface area (Å²) in [7, 11) is 1.68. The van der Waals surface area contributed by atoms with Gasteiger partial charge in [0.2, 0.25) is 0 Å². The average molecular weight is 344 g/mol. The first-order valence-corrected chi connectivity index (χ1v) is 9.44. The van der Waals surface area contributed by atoms with Crippen molar-refractivity contribution in [2.45, 2.75) is 32.6 Å². The number of thiazole rings is 1. The molecule has 1 aliphatic rings. The third-order valence-electron chi connectivity index (χ3n) is 4.49. The van der Waals surface area contributed by atoms with Crippen LogP contribution in [0.3, 0.4) is 0 Å². The molecule has 1 saturated heterocycles. The van der Waals surface area contributed by atoms with E-state index in [4.69, 9.17) is 4.74 Å². The molecule has 4 nitrogen and oxygen atoms in total. The Morgan fingerprint density at radius 3 is 2.88 bits per heavy atom. The van der Waals surface area contributed by atoms with Crippen molar-refractivity contribution in [1.29, 1.82) is 0 Å². The smallest absolute Gasteiger partial charge is 0.273 e. The zero-order valence-electron chi connectivity index (χ0n) is 14.3. The SMILES string of the molecule is CCCc1nc(C(=O)N2CCC(Cc3ccc(OC)cc3)C2)cs1. The van der Waals surface area contributed by atoms with Gasteiger partial charge in [-0.2, -0.15) is 0 Å². The zero-order chi connectivity index (χ0) is 16.9. The fourth-order valence-electron chi connectivity index (χ4n) is 3.18. The number of aryl methyl sites for hydroxylation is 1. The van der Waals surface area contributed by atoms with Gasteiger partial charge in [-0.3, -0.25) is 4.79 Å². The summed E-state index contributed by atoms with van der Waals surface area (Å²) in [6.07, 6.45) is 4.09. The average Bonchev–Trinajstić information content (AvgIpc) is 3.25. The van der Waals surface area contributed by atoms with Gasteiger partial charge in [-0.15, -0.1) is 11.3 Å². The maximum atomic E-state index is 12.6. The Labute approximate surface area is 147 Å². The maximum absolute atomic E-state index is 12.6. The highest BCUT2D eigenvalue weighted by Crippen LogP contribution is 2.24. The predicted octanol–water partition coefficient (Wildman–Crippen LogP) is 3.81. The quantitative estimate of drug-likeness (QED) is 0.800. The summed E-state index contributed by atoms with van der Waals surface area (Å²) in [6, 6.07) is 8.22. The molecule has 3 rings (SSSR count). The third kappa shape index (κ3) is 3.96. The summed E-state index contributed by atoms with van der Waals surface area (Å²) < 4.78 is 5.20. The van der Waals surface area contributed by atoms with Crippen molar-refractivity contribution in [2.24, 2.45) is 5.92 Å². The second-order valence-corrected chi connectivity index (χ2v) is 7.28. The van der Waals surface area contributed by atoms with E-state index in [-0.39, 0.29) is 5.91 Å². The van der Waals surface area contributed by atoms with Gasteiger partial charge in [0.1, 0.15) is 11.4 Å². The summed E-state index contributed by atoms with van der Waals surface area (Å²) in [5.74, 6) is 1.50. The van der Waals surface area contributed by atoms with Crippen LogP contribution in [0, 0.1) is 5.92 Å². The number of methoxy groups -OCH3 is 1. The molecule has 24 heavy (non-hydrogen) atoms. The fraction of sp³-hybridized carbons (Fsp3) is 0.474. The lowest BCUT2D eigenvalue weighted by molar-refractivity contribution is 0.0782. The van der Waals surface area contributed by atoms with Crippen LogP contribution in [-0.2, 0) is 12.8 Å². The van der Waals surface area contributed by atoms with E-state index in [0.29, 0.717) is 11.6 Å². The van der Waals surface area contributed by atoms with Crippen LogP contribution < -0.4 is 4.74 Å². The number of nitrogens with zero attached hydrogens (tertiary/aromatic N) is 2. The van der Waals surface area contributed by atoms with Crippen LogP contribution in [0.1, 0.15) is 40.8 Å². The lowest BCUT2D eigenvalue weighted by atomic mass is 9.99.